The fraction of sp³-hybridized carbons (Fsp3) is 0.231. The summed E-state index contributed by atoms with van der Waals surface area (Å²) >= 11 is 5.71. The summed E-state index contributed by atoms with van der Waals surface area (Å²) in [6.45, 7) is 1.57. The minimum Gasteiger partial charge on any atom is -0.480 e. The zero-order valence-corrected chi connectivity index (χ0v) is 10.9. The third-order valence-corrected chi connectivity index (χ3v) is 2.44. The molecule has 19 heavy (non-hydrogen) atoms. The van der Waals surface area contributed by atoms with Crippen molar-refractivity contribution in [2.45, 2.75) is 13.0 Å². The van der Waals surface area contributed by atoms with Crippen LogP contribution in [0.5, 0.6) is 5.75 Å². The lowest BCUT2D eigenvalue weighted by atomic mass is 10.2. The lowest BCUT2D eigenvalue weighted by Gasteiger charge is -2.15. The van der Waals surface area contributed by atoms with Gasteiger partial charge in [-0.3, -0.25) is 4.79 Å². The molecule has 1 aromatic carbocycles. The molecule has 6 heteroatoms. The maximum Gasteiger partial charge on any atom is 0.339 e. The molecule has 0 saturated carbocycles. The van der Waals surface area contributed by atoms with Crippen LogP contribution >= 0.6 is 11.6 Å². The van der Waals surface area contributed by atoms with E-state index in [2.05, 4.69) is 11.2 Å². The van der Waals surface area contributed by atoms with Crippen molar-refractivity contribution in [3.63, 3.8) is 0 Å². The van der Waals surface area contributed by atoms with Crippen molar-refractivity contribution < 1.29 is 19.4 Å². The number of nitrogens with one attached hydrogen (secondary N) is 1. The van der Waals surface area contributed by atoms with Crippen LogP contribution in [0.25, 0.3) is 0 Å². The summed E-state index contributed by atoms with van der Waals surface area (Å²) in [7, 11) is 0. The standard InChI is InChI=1S/C13H12ClNO4/c1-3-6-15-12(16)8(2)19-11-5-4-9(14)7-10(11)13(17)18/h1,4-5,7-8H,6H2,2H3,(H,15,16)(H,17,18). The molecule has 0 aliphatic rings. The quantitative estimate of drug-likeness (QED) is 0.803. The fourth-order valence-corrected chi connectivity index (χ4v) is 1.47. The van der Waals surface area contributed by atoms with Crippen LogP contribution in [0.3, 0.4) is 0 Å². The number of carboxylic acids is 1. The van der Waals surface area contributed by atoms with Gasteiger partial charge in [0.25, 0.3) is 5.91 Å². The van der Waals surface area contributed by atoms with Gasteiger partial charge in [-0.05, 0) is 25.1 Å². The van der Waals surface area contributed by atoms with Crippen molar-refractivity contribution in [3.05, 3.63) is 28.8 Å². The minimum atomic E-state index is -1.19. The summed E-state index contributed by atoms with van der Waals surface area (Å²) in [4.78, 5) is 22.6. The molecule has 1 rings (SSSR count). The molecular weight excluding hydrogens is 270 g/mol. The maximum atomic E-state index is 11.5. The molecule has 2 N–H and O–H groups in total. The van der Waals surface area contributed by atoms with Crippen LogP contribution in [0, 0.1) is 12.3 Å². The minimum absolute atomic E-state index is 0.0697. The van der Waals surface area contributed by atoms with Crippen molar-refractivity contribution in [2.24, 2.45) is 0 Å². The number of ether oxygens (including phenoxy) is 1. The molecule has 1 atom stereocenters. The topological polar surface area (TPSA) is 75.6 Å². The van der Waals surface area contributed by atoms with E-state index in [1.807, 2.05) is 0 Å². The summed E-state index contributed by atoms with van der Waals surface area (Å²) in [5.41, 5.74) is -0.107. The van der Waals surface area contributed by atoms with E-state index in [4.69, 9.17) is 27.9 Å². The van der Waals surface area contributed by atoms with E-state index < -0.39 is 18.0 Å². The Balaban J connectivity index is 2.85. The second-order valence-corrected chi connectivity index (χ2v) is 4.06. The highest BCUT2D eigenvalue weighted by Gasteiger charge is 2.18. The molecule has 100 valence electrons. The monoisotopic (exact) mass is 281 g/mol. The molecular formula is C13H12ClNO4. The normalized spacial score (nSPS) is 11.2. The van der Waals surface area contributed by atoms with Gasteiger partial charge in [0.2, 0.25) is 0 Å². The van der Waals surface area contributed by atoms with Crippen LogP contribution in [0.15, 0.2) is 18.2 Å². The molecule has 0 heterocycles. The summed E-state index contributed by atoms with van der Waals surface area (Å²) in [5.74, 6) is 0.712. The predicted octanol–water partition coefficient (Wildman–Crippen LogP) is 1.55. The number of rotatable bonds is 5. The maximum absolute atomic E-state index is 11.5. The van der Waals surface area contributed by atoms with Gasteiger partial charge in [0.1, 0.15) is 11.3 Å². The first kappa shape index (κ1) is 14.9. The molecule has 0 spiro atoms. The number of halogens is 1. The van der Waals surface area contributed by atoms with Gasteiger partial charge in [0, 0.05) is 5.02 Å². The smallest absolute Gasteiger partial charge is 0.339 e. The van der Waals surface area contributed by atoms with Crippen molar-refractivity contribution in [1.82, 2.24) is 5.32 Å². The summed E-state index contributed by atoms with van der Waals surface area (Å²) < 4.78 is 5.30. The van der Waals surface area contributed by atoms with Gasteiger partial charge in [-0.15, -0.1) is 6.42 Å². The van der Waals surface area contributed by atoms with Crippen molar-refractivity contribution >= 4 is 23.5 Å². The molecule has 1 amide bonds. The van der Waals surface area contributed by atoms with Gasteiger partial charge in [-0.2, -0.15) is 0 Å². The molecule has 0 bridgehead atoms. The third kappa shape index (κ3) is 4.19. The Morgan fingerprint density at radius 2 is 2.26 bits per heavy atom. The molecule has 1 unspecified atom stereocenters. The average Bonchev–Trinajstić information content (AvgIpc) is 2.37. The molecule has 0 aliphatic heterocycles. The van der Waals surface area contributed by atoms with E-state index in [1.165, 1.54) is 25.1 Å². The van der Waals surface area contributed by atoms with Gasteiger partial charge in [-0.25, -0.2) is 4.79 Å². The second kappa shape index (κ2) is 6.66. The van der Waals surface area contributed by atoms with Crippen LogP contribution in [-0.4, -0.2) is 29.6 Å². The Bertz CT molecular complexity index is 536. The van der Waals surface area contributed by atoms with Crippen molar-refractivity contribution in [2.75, 3.05) is 6.54 Å². The van der Waals surface area contributed by atoms with Crippen molar-refractivity contribution in [3.8, 4) is 18.1 Å². The first-order chi connectivity index (χ1) is 8.95. The largest absolute Gasteiger partial charge is 0.480 e. The van der Waals surface area contributed by atoms with Gasteiger partial charge in [0.15, 0.2) is 6.10 Å². The Morgan fingerprint density at radius 1 is 1.58 bits per heavy atom. The number of carbonyl (C=O) groups excluding carboxylic acids is 1. The van der Waals surface area contributed by atoms with Gasteiger partial charge in [-0.1, -0.05) is 17.5 Å². The zero-order valence-electron chi connectivity index (χ0n) is 10.1. The number of hydrogen-bond donors (Lipinski definition) is 2. The van der Waals surface area contributed by atoms with Crippen LogP contribution in [-0.2, 0) is 4.79 Å². The molecule has 0 saturated heterocycles. The van der Waals surface area contributed by atoms with E-state index >= 15 is 0 Å². The Labute approximate surface area is 115 Å². The number of terminal acetylenes is 1. The van der Waals surface area contributed by atoms with Crippen molar-refractivity contribution in [1.29, 1.82) is 0 Å². The molecule has 0 aliphatic carbocycles. The number of aromatic carboxylic acids is 1. The zero-order chi connectivity index (χ0) is 14.4. The second-order valence-electron chi connectivity index (χ2n) is 3.63. The van der Waals surface area contributed by atoms with E-state index in [9.17, 15) is 9.59 Å². The molecule has 0 radical (unpaired) electrons. The highest BCUT2D eigenvalue weighted by molar-refractivity contribution is 6.31. The average molecular weight is 282 g/mol. The lowest BCUT2D eigenvalue weighted by Crippen LogP contribution is -2.36. The Kier molecular flexibility index (Phi) is 5.22. The number of carbonyl (C=O) groups is 2. The summed E-state index contributed by atoms with van der Waals surface area (Å²) in [5, 5.41) is 11.7. The SMILES string of the molecule is C#CCNC(=O)C(C)Oc1ccc(Cl)cc1C(=O)O. The van der Waals surface area contributed by atoms with Gasteiger partial charge in [0.05, 0.1) is 6.54 Å². The molecule has 0 aromatic heterocycles. The number of carboxylic acid groups (broad SMARTS) is 1. The van der Waals surface area contributed by atoms with Gasteiger partial charge >= 0.3 is 5.97 Å². The van der Waals surface area contributed by atoms with E-state index in [1.54, 1.807) is 0 Å². The van der Waals surface area contributed by atoms with Gasteiger partial charge < -0.3 is 15.2 Å². The summed E-state index contributed by atoms with van der Waals surface area (Å²) in [6.07, 6.45) is 4.14. The first-order valence-electron chi connectivity index (χ1n) is 5.36. The number of amides is 1. The highest BCUT2D eigenvalue weighted by Crippen LogP contribution is 2.23. The predicted molar refractivity (Wildman–Crippen MR) is 70.3 cm³/mol. The van der Waals surface area contributed by atoms with Crippen LogP contribution < -0.4 is 10.1 Å². The fourth-order valence-electron chi connectivity index (χ4n) is 1.30. The first-order valence-corrected chi connectivity index (χ1v) is 5.74. The molecule has 5 nitrogen and oxygen atoms in total. The van der Waals surface area contributed by atoms with Crippen LogP contribution in [0.1, 0.15) is 17.3 Å². The number of benzene rings is 1. The lowest BCUT2D eigenvalue weighted by molar-refractivity contribution is -0.127. The van der Waals surface area contributed by atoms with Crippen LogP contribution in [0.2, 0.25) is 5.02 Å². The number of hydrogen-bond acceptors (Lipinski definition) is 3. The molecule has 1 aromatic rings. The highest BCUT2D eigenvalue weighted by atomic mass is 35.5. The van der Waals surface area contributed by atoms with Crippen LogP contribution in [0.4, 0.5) is 0 Å². The van der Waals surface area contributed by atoms with E-state index in [0.717, 1.165) is 0 Å². The van der Waals surface area contributed by atoms with E-state index in [-0.39, 0.29) is 22.9 Å². The van der Waals surface area contributed by atoms with E-state index in [0.29, 0.717) is 0 Å². The molecule has 0 fully saturated rings. The Hall–Kier alpha value is -2.19. The summed E-state index contributed by atoms with van der Waals surface area (Å²) in [6, 6.07) is 4.14. The Morgan fingerprint density at radius 3 is 2.84 bits per heavy atom. The third-order valence-electron chi connectivity index (χ3n) is 2.21.